The summed E-state index contributed by atoms with van der Waals surface area (Å²) in [6.45, 7) is -0.300. The van der Waals surface area contributed by atoms with Crippen molar-refractivity contribution in [2.45, 2.75) is 49.9 Å². The number of halogens is 3. The number of ketones is 1. The number of carbonyl (C=O) groups excluding carboxylic acids is 6. The van der Waals surface area contributed by atoms with Gasteiger partial charge in [-0.15, -0.1) is 0 Å². The van der Waals surface area contributed by atoms with Gasteiger partial charge in [-0.2, -0.15) is 13.2 Å². The van der Waals surface area contributed by atoms with Gasteiger partial charge < -0.3 is 5.32 Å². The van der Waals surface area contributed by atoms with Crippen LogP contribution >= 0.6 is 0 Å². The minimum Gasteiger partial charge on any atom is -0.345 e. The Morgan fingerprint density at radius 2 is 1.68 bits per heavy atom. The molecule has 1 unspecified atom stereocenters. The predicted octanol–water partition coefficient (Wildman–Crippen LogP) is 2.18. The Bertz CT molecular complexity index is 1410. The number of Topliss-reactive ketones (excluding diaryl/α,β-unsaturated/α-hetero) is 1. The number of hydrogen-bond acceptors (Lipinski definition) is 6. The molecule has 0 radical (unpaired) electrons. The van der Waals surface area contributed by atoms with E-state index in [0.29, 0.717) is 0 Å². The van der Waals surface area contributed by atoms with Crippen LogP contribution in [0.3, 0.4) is 0 Å². The third-order valence-electron chi connectivity index (χ3n) is 7.19. The number of alkyl halides is 3. The van der Waals surface area contributed by atoms with Crippen molar-refractivity contribution in [2.24, 2.45) is 0 Å². The van der Waals surface area contributed by atoms with Gasteiger partial charge in [0.05, 0.1) is 16.5 Å². The molecule has 38 heavy (non-hydrogen) atoms. The number of rotatable bonds is 6. The van der Waals surface area contributed by atoms with Gasteiger partial charge in [0.15, 0.2) is 0 Å². The first-order chi connectivity index (χ1) is 17.9. The molecule has 2 aromatic rings. The molecule has 1 atom stereocenters. The van der Waals surface area contributed by atoms with Crippen LogP contribution in [-0.2, 0) is 26.3 Å². The van der Waals surface area contributed by atoms with E-state index >= 15 is 0 Å². The van der Waals surface area contributed by atoms with Gasteiger partial charge in [-0.05, 0) is 36.5 Å². The quantitative estimate of drug-likeness (QED) is 0.337. The summed E-state index contributed by atoms with van der Waals surface area (Å²) < 4.78 is 40.0. The highest BCUT2D eigenvalue weighted by atomic mass is 19.4. The molecular weight excluding hydrogens is 507 g/mol. The zero-order valence-electron chi connectivity index (χ0n) is 19.7. The highest BCUT2D eigenvalue weighted by Crippen LogP contribution is 2.58. The molecule has 196 valence electrons. The SMILES string of the molecule is O=C1CCC(N2C(=O)c3cccc(CNC(=O)C(=O)c4ccc(C5(C(F)(F)F)CC5)cc4)c3C2=O)C(=O)N1. The highest BCUT2D eigenvalue weighted by molar-refractivity contribution is 6.42. The fraction of sp³-hybridized carbons (Fsp3) is 0.308. The Hall–Kier alpha value is -4.35. The van der Waals surface area contributed by atoms with E-state index in [1.807, 2.05) is 0 Å². The van der Waals surface area contributed by atoms with Crippen LogP contribution in [0.25, 0.3) is 0 Å². The summed E-state index contributed by atoms with van der Waals surface area (Å²) in [5, 5.41) is 4.48. The van der Waals surface area contributed by atoms with Gasteiger partial charge in [0.25, 0.3) is 17.7 Å². The third kappa shape index (κ3) is 4.05. The zero-order chi connectivity index (χ0) is 27.4. The molecule has 2 aliphatic heterocycles. The second kappa shape index (κ2) is 8.89. The fourth-order valence-electron chi connectivity index (χ4n) is 4.92. The number of hydrogen-bond donors (Lipinski definition) is 2. The van der Waals surface area contributed by atoms with Gasteiger partial charge >= 0.3 is 6.18 Å². The first kappa shape index (κ1) is 25.3. The summed E-state index contributed by atoms with van der Waals surface area (Å²) in [7, 11) is 0. The summed E-state index contributed by atoms with van der Waals surface area (Å²) in [5.74, 6) is -4.76. The molecule has 3 aliphatic rings. The first-order valence-electron chi connectivity index (χ1n) is 11.8. The molecule has 2 N–H and O–H groups in total. The van der Waals surface area contributed by atoms with E-state index in [0.717, 1.165) is 4.90 Å². The molecule has 1 saturated heterocycles. The molecule has 5 rings (SSSR count). The second-order valence-corrected chi connectivity index (χ2v) is 9.46. The molecule has 2 aromatic carbocycles. The maximum atomic E-state index is 13.3. The van der Waals surface area contributed by atoms with E-state index in [4.69, 9.17) is 0 Å². The van der Waals surface area contributed by atoms with Gasteiger partial charge in [-0.1, -0.05) is 36.4 Å². The number of carbonyl (C=O) groups is 6. The van der Waals surface area contributed by atoms with Gasteiger partial charge in [0, 0.05) is 18.5 Å². The maximum absolute atomic E-state index is 13.3. The summed E-state index contributed by atoms with van der Waals surface area (Å²) in [6.07, 6.45) is -4.52. The maximum Gasteiger partial charge on any atom is 0.398 e. The lowest BCUT2D eigenvalue weighted by molar-refractivity contribution is -0.160. The zero-order valence-corrected chi connectivity index (χ0v) is 19.7. The Balaban J connectivity index is 1.28. The molecule has 12 heteroatoms. The van der Waals surface area contributed by atoms with Crippen LogP contribution in [0.2, 0.25) is 0 Å². The van der Waals surface area contributed by atoms with E-state index in [-0.39, 0.29) is 60.0 Å². The predicted molar refractivity (Wildman–Crippen MR) is 123 cm³/mol. The van der Waals surface area contributed by atoms with Crippen molar-refractivity contribution in [1.29, 1.82) is 0 Å². The molecule has 2 heterocycles. The molecule has 0 spiro atoms. The first-order valence-corrected chi connectivity index (χ1v) is 11.8. The lowest BCUT2D eigenvalue weighted by Gasteiger charge is -2.27. The van der Waals surface area contributed by atoms with Crippen molar-refractivity contribution >= 4 is 35.3 Å². The smallest absolute Gasteiger partial charge is 0.345 e. The third-order valence-corrected chi connectivity index (χ3v) is 7.19. The summed E-state index contributed by atoms with van der Waals surface area (Å²) in [5.41, 5.74) is -1.75. The van der Waals surface area contributed by atoms with Crippen LogP contribution in [0.5, 0.6) is 0 Å². The normalized spacial score (nSPS) is 20.2. The van der Waals surface area contributed by atoms with Crippen molar-refractivity contribution in [2.75, 3.05) is 0 Å². The summed E-state index contributed by atoms with van der Waals surface area (Å²) >= 11 is 0. The molecule has 1 saturated carbocycles. The van der Waals surface area contributed by atoms with E-state index in [9.17, 15) is 41.9 Å². The number of nitrogens with one attached hydrogen (secondary N) is 2. The van der Waals surface area contributed by atoms with E-state index in [2.05, 4.69) is 10.6 Å². The van der Waals surface area contributed by atoms with Gasteiger partial charge in [-0.25, -0.2) is 0 Å². The Morgan fingerprint density at radius 3 is 2.29 bits per heavy atom. The second-order valence-electron chi connectivity index (χ2n) is 9.46. The number of fused-ring (bicyclic) bond motifs is 1. The Labute approximate surface area is 213 Å². The molecule has 9 nitrogen and oxygen atoms in total. The van der Waals surface area contributed by atoms with E-state index < -0.39 is 53.0 Å². The molecule has 2 fully saturated rings. The molecule has 5 amide bonds. The van der Waals surface area contributed by atoms with Crippen LogP contribution < -0.4 is 10.6 Å². The number of benzene rings is 2. The van der Waals surface area contributed by atoms with Crippen LogP contribution in [-0.4, -0.2) is 52.4 Å². The molecule has 0 bridgehead atoms. The van der Waals surface area contributed by atoms with Gasteiger partial charge in [0.2, 0.25) is 17.6 Å². The minimum absolute atomic E-state index is 0.0143. The van der Waals surface area contributed by atoms with Crippen molar-refractivity contribution < 1.29 is 41.9 Å². The van der Waals surface area contributed by atoms with Crippen molar-refractivity contribution in [3.8, 4) is 0 Å². The standard InChI is InChI=1S/C26H20F3N3O6/c27-26(28,29)25(10-11-25)15-6-4-13(5-7-15)20(34)22(36)30-12-14-2-1-3-16-19(14)24(38)32(23(16)37)17-8-9-18(33)31-21(17)35/h1-7,17H,8-12H2,(H,30,36)(H,31,33,35). The Morgan fingerprint density at radius 1 is 1.00 bits per heavy atom. The average Bonchev–Trinajstić information content (AvgIpc) is 3.66. The molecule has 0 aromatic heterocycles. The molecular formula is C26H20F3N3O6. The number of nitrogens with zero attached hydrogens (tertiary/aromatic N) is 1. The lowest BCUT2D eigenvalue weighted by Crippen LogP contribution is -2.54. The van der Waals surface area contributed by atoms with Gasteiger partial charge in [0.1, 0.15) is 6.04 Å². The highest BCUT2D eigenvalue weighted by Gasteiger charge is 2.64. The van der Waals surface area contributed by atoms with Crippen LogP contribution in [0.4, 0.5) is 13.2 Å². The monoisotopic (exact) mass is 527 g/mol. The van der Waals surface area contributed by atoms with Crippen LogP contribution in [0, 0.1) is 0 Å². The van der Waals surface area contributed by atoms with Crippen molar-refractivity contribution in [3.63, 3.8) is 0 Å². The minimum atomic E-state index is -4.40. The number of piperidine rings is 1. The van der Waals surface area contributed by atoms with E-state index in [1.54, 1.807) is 0 Å². The van der Waals surface area contributed by atoms with Gasteiger partial charge in [-0.3, -0.25) is 39.0 Å². The fourth-order valence-corrected chi connectivity index (χ4v) is 4.92. The van der Waals surface area contributed by atoms with Crippen molar-refractivity contribution in [3.05, 3.63) is 70.3 Å². The summed E-state index contributed by atoms with van der Waals surface area (Å²) in [4.78, 5) is 75.6. The average molecular weight is 527 g/mol. The molecule has 1 aliphatic carbocycles. The topological polar surface area (TPSA) is 130 Å². The lowest BCUT2D eigenvalue weighted by atomic mass is 9.94. The van der Waals surface area contributed by atoms with E-state index in [1.165, 1.54) is 42.5 Å². The Kier molecular flexibility index (Phi) is 5.92. The van der Waals surface area contributed by atoms with Crippen LogP contribution in [0.1, 0.15) is 67.9 Å². The summed E-state index contributed by atoms with van der Waals surface area (Å²) in [6, 6.07) is 7.93. The van der Waals surface area contributed by atoms with Crippen molar-refractivity contribution in [1.82, 2.24) is 15.5 Å². The number of amides is 5. The van der Waals surface area contributed by atoms with Crippen LogP contribution in [0.15, 0.2) is 42.5 Å². The number of imide groups is 2. The largest absolute Gasteiger partial charge is 0.398 e.